The first-order valence-corrected chi connectivity index (χ1v) is 11.3. The summed E-state index contributed by atoms with van der Waals surface area (Å²) in [4.78, 5) is 30.8. The summed E-state index contributed by atoms with van der Waals surface area (Å²) in [6, 6.07) is 12.9. The fraction of sp³-hybridized carbons (Fsp3) is 0.192. The molecule has 8 nitrogen and oxygen atoms in total. The Bertz CT molecular complexity index is 1410. The monoisotopic (exact) mass is 473 g/mol. The van der Waals surface area contributed by atoms with E-state index >= 15 is 0 Å². The molecule has 0 aliphatic carbocycles. The molecular formula is C26H24FN5O3. The van der Waals surface area contributed by atoms with Crippen molar-refractivity contribution in [3.8, 4) is 22.8 Å². The summed E-state index contributed by atoms with van der Waals surface area (Å²) in [7, 11) is 0. The number of likely N-dealkylation sites (tertiary alicyclic amines) is 1. The molecule has 3 N–H and O–H groups in total. The zero-order chi connectivity index (χ0) is 24.5. The molecule has 2 aromatic carbocycles. The number of hydrogen-bond acceptors (Lipinski definition) is 4. The van der Waals surface area contributed by atoms with Gasteiger partial charge in [-0.2, -0.15) is 0 Å². The molecule has 5 rings (SSSR count). The van der Waals surface area contributed by atoms with E-state index in [1.807, 2.05) is 6.20 Å². The zero-order valence-electron chi connectivity index (χ0n) is 18.9. The van der Waals surface area contributed by atoms with Crippen LogP contribution in [-0.2, 0) is 4.79 Å². The van der Waals surface area contributed by atoms with E-state index in [2.05, 4.69) is 11.7 Å². The smallest absolute Gasteiger partial charge is 0.269 e. The molecule has 0 bridgehead atoms. The van der Waals surface area contributed by atoms with Crippen molar-refractivity contribution >= 4 is 17.5 Å². The van der Waals surface area contributed by atoms with Crippen LogP contribution in [0.15, 0.2) is 67.4 Å². The number of imidazole rings is 1. The number of benzene rings is 2. The lowest BCUT2D eigenvalue weighted by molar-refractivity contribution is -0.127. The first kappa shape index (κ1) is 22.4. The summed E-state index contributed by atoms with van der Waals surface area (Å²) >= 11 is 0. The van der Waals surface area contributed by atoms with Crippen LogP contribution >= 0.6 is 0 Å². The van der Waals surface area contributed by atoms with Crippen LogP contribution in [0.3, 0.4) is 0 Å². The van der Waals surface area contributed by atoms with Crippen molar-refractivity contribution in [3.63, 3.8) is 0 Å². The predicted octanol–water partition coefficient (Wildman–Crippen LogP) is 4.25. The number of fused-ring (bicyclic) bond motifs is 1. The minimum Gasteiger partial charge on any atom is -0.457 e. The number of piperidine rings is 1. The van der Waals surface area contributed by atoms with Gasteiger partial charge in [0.05, 0.1) is 0 Å². The maximum absolute atomic E-state index is 13.4. The molecular weight excluding hydrogens is 449 g/mol. The number of amides is 2. The summed E-state index contributed by atoms with van der Waals surface area (Å²) in [5.74, 6) is 0.0457. The average molecular weight is 474 g/mol. The molecule has 4 aromatic rings. The Hall–Kier alpha value is -4.40. The van der Waals surface area contributed by atoms with Crippen molar-refractivity contribution in [3.05, 3.63) is 84.5 Å². The lowest BCUT2D eigenvalue weighted by Gasteiger charge is -2.30. The number of nitrogens with one attached hydrogen (secondary N) is 1. The van der Waals surface area contributed by atoms with Crippen molar-refractivity contribution in [1.82, 2.24) is 19.5 Å². The van der Waals surface area contributed by atoms with Crippen LogP contribution in [0.5, 0.6) is 11.5 Å². The highest BCUT2D eigenvalue weighted by Gasteiger charge is 2.28. The molecule has 1 aliphatic rings. The molecule has 178 valence electrons. The first-order chi connectivity index (χ1) is 16.9. The number of aromatic amines is 1. The van der Waals surface area contributed by atoms with Crippen molar-refractivity contribution in [2.75, 3.05) is 13.1 Å². The van der Waals surface area contributed by atoms with Crippen molar-refractivity contribution in [1.29, 1.82) is 0 Å². The highest BCUT2D eigenvalue weighted by Crippen LogP contribution is 2.34. The minimum absolute atomic E-state index is 0.0633. The van der Waals surface area contributed by atoms with Gasteiger partial charge in [-0.15, -0.1) is 0 Å². The minimum atomic E-state index is -0.604. The van der Waals surface area contributed by atoms with Gasteiger partial charge in [0.25, 0.3) is 5.91 Å². The van der Waals surface area contributed by atoms with Gasteiger partial charge in [0.15, 0.2) is 11.3 Å². The van der Waals surface area contributed by atoms with E-state index in [9.17, 15) is 14.0 Å². The van der Waals surface area contributed by atoms with Gasteiger partial charge >= 0.3 is 0 Å². The van der Waals surface area contributed by atoms with Crippen LogP contribution in [0.4, 0.5) is 4.39 Å². The SMILES string of the molecule is C=CC(=O)N1CCC(c2c[nH]n3c(C(N)=O)c(-c4ccc(Oc5cccc(F)c5)cc4)nc23)CC1. The zero-order valence-corrected chi connectivity index (χ0v) is 18.9. The van der Waals surface area contributed by atoms with Crippen molar-refractivity contribution in [2.45, 2.75) is 18.8 Å². The van der Waals surface area contributed by atoms with Crippen LogP contribution < -0.4 is 10.5 Å². The third-order valence-electron chi connectivity index (χ3n) is 6.30. The Morgan fingerprint density at radius 2 is 1.89 bits per heavy atom. The van der Waals surface area contributed by atoms with Gasteiger partial charge in [-0.25, -0.2) is 13.9 Å². The average Bonchev–Trinajstić information content (AvgIpc) is 3.43. The number of nitrogens with zero attached hydrogens (tertiary/aromatic N) is 3. The molecule has 1 fully saturated rings. The lowest BCUT2D eigenvalue weighted by Crippen LogP contribution is -2.36. The second-order valence-electron chi connectivity index (χ2n) is 8.45. The number of rotatable bonds is 6. The number of halogens is 1. The molecule has 3 heterocycles. The Kier molecular flexibility index (Phi) is 5.82. The quantitative estimate of drug-likeness (QED) is 0.408. The number of primary amides is 1. The largest absolute Gasteiger partial charge is 0.457 e. The van der Waals surface area contributed by atoms with Gasteiger partial charge in [0, 0.05) is 36.5 Å². The lowest BCUT2D eigenvalue weighted by atomic mass is 9.91. The summed E-state index contributed by atoms with van der Waals surface area (Å²) < 4.78 is 20.7. The van der Waals surface area contributed by atoms with Gasteiger partial charge in [0.2, 0.25) is 5.91 Å². The Morgan fingerprint density at radius 1 is 1.14 bits per heavy atom. The topological polar surface area (TPSA) is 106 Å². The van der Waals surface area contributed by atoms with Crippen LogP contribution in [0.2, 0.25) is 0 Å². The summed E-state index contributed by atoms with van der Waals surface area (Å²) in [6.07, 6.45) is 4.76. The van der Waals surface area contributed by atoms with Crippen LogP contribution in [0.1, 0.15) is 34.8 Å². The molecule has 2 amide bonds. The van der Waals surface area contributed by atoms with E-state index in [0.29, 0.717) is 41.5 Å². The van der Waals surface area contributed by atoms with Gasteiger partial charge < -0.3 is 15.4 Å². The molecule has 0 saturated carbocycles. The molecule has 9 heteroatoms. The molecule has 35 heavy (non-hydrogen) atoms. The second-order valence-corrected chi connectivity index (χ2v) is 8.45. The molecule has 0 spiro atoms. The summed E-state index contributed by atoms with van der Waals surface area (Å²) in [5, 5.41) is 3.12. The number of carbonyl (C=O) groups excluding carboxylic acids is 2. The van der Waals surface area contributed by atoms with Crippen molar-refractivity contribution in [2.24, 2.45) is 5.73 Å². The molecule has 0 atom stereocenters. The number of hydrogen-bond donors (Lipinski definition) is 2. The number of ether oxygens (including phenoxy) is 1. The van der Waals surface area contributed by atoms with Gasteiger partial charge in [-0.3, -0.25) is 14.7 Å². The fourth-order valence-corrected chi connectivity index (χ4v) is 4.55. The van der Waals surface area contributed by atoms with E-state index < -0.39 is 5.91 Å². The van der Waals surface area contributed by atoms with Crippen LogP contribution in [-0.4, -0.2) is 44.4 Å². The third kappa shape index (κ3) is 4.28. The molecule has 2 aromatic heterocycles. The van der Waals surface area contributed by atoms with E-state index in [-0.39, 0.29) is 23.3 Å². The summed E-state index contributed by atoms with van der Waals surface area (Å²) in [6.45, 7) is 4.83. The van der Waals surface area contributed by atoms with Gasteiger partial charge in [-0.05, 0) is 61.2 Å². The number of H-pyrrole nitrogens is 1. The van der Waals surface area contributed by atoms with Crippen LogP contribution in [0.25, 0.3) is 16.9 Å². The van der Waals surface area contributed by atoms with E-state index in [1.165, 1.54) is 18.2 Å². The standard InChI is InChI=1S/C26H24FN5O3/c1-2-22(33)31-12-10-16(11-13-31)21-15-29-32-24(25(28)34)23(30-26(21)32)17-6-8-19(9-7-17)35-20-5-3-4-18(27)14-20/h2-9,14-16,29H,1,10-13H2,(H2,28,34). The number of carbonyl (C=O) groups is 2. The number of aromatic nitrogens is 3. The summed E-state index contributed by atoms with van der Waals surface area (Å²) in [5.41, 5.74) is 8.76. The fourth-order valence-electron chi connectivity index (χ4n) is 4.55. The molecule has 1 aliphatic heterocycles. The Morgan fingerprint density at radius 3 is 2.54 bits per heavy atom. The normalized spacial score (nSPS) is 14.3. The first-order valence-electron chi connectivity index (χ1n) is 11.3. The molecule has 0 unspecified atom stereocenters. The van der Waals surface area contributed by atoms with E-state index in [4.69, 9.17) is 15.5 Å². The maximum Gasteiger partial charge on any atom is 0.269 e. The van der Waals surface area contributed by atoms with Gasteiger partial charge in [-0.1, -0.05) is 12.6 Å². The maximum atomic E-state index is 13.4. The molecule has 1 saturated heterocycles. The van der Waals surface area contributed by atoms with E-state index in [0.717, 1.165) is 18.4 Å². The van der Waals surface area contributed by atoms with Crippen LogP contribution in [0, 0.1) is 5.82 Å². The predicted molar refractivity (Wildman–Crippen MR) is 129 cm³/mol. The van der Waals surface area contributed by atoms with E-state index in [1.54, 1.807) is 45.8 Å². The van der Waals surface area contributed by atoms with Crippen molar-refractivity contribution < 1.29 is 18.7 Å². The van der Waals surface area contributed by atoms with Gasteiger partial charge in [0.1, 0.15) is 23.0 Å². The Balaban J connectivity index is 1.43. The highest BCUT2D eigenvalue weighted by atomic mass is 19.1. The Labute approximate surface area is 200 Å². The highest BCUT2D eigenvalue weighted by molar-refractivity contribution is 5.98. The molecule has 0 radical (unpaired) electrons. The third-order valence-corrected chi connectivity index (χ3v) is 6.30. The number of nitrogens with two attached hydrogens (primary N) is 1. The second kappa shape index (κ2) is 9.09.